The SMILES string of the molecule is CCC(CCl)NC(=O)c1sccc1OC. The van der Waals surface area contributed by atoms with Gasteiger partial charge in [-0.05, 0) is 17.9 Å². The highest BCUT2D eigenvalue weighted by Crippen LogP contribution is 2.24. The van der Waals surface area contributed by atoms with Crippen molar-refractivity contribution in [3.63, 3.8) is 0 Å². The van der Waals surface area contributed by atoms with Gasteiger partial charge in [-0.1, -0.05) is 6.92 Å². The second-order valence-electron chi connectivity index (χ2n) is 3.05. The second kappa shape index (κ2) is 5.98. The summed E-state index contributed by atoms with van der Waals surface area (Å²) in [6.45, 7) is 1.99. The molecule has 0 bridgehead atoms. The minimum atomic E-state index is -0.116. The van der Waals surface area contributed by atoms with Gasteiger partial charge in [0.1, 0.15) is 10.6 Å². The average Bonchev–Trinajstić information content (AvgIpc) is 2.73. The van der Waals surface area contributed by atoms with Gasteiger partial charge in [-0.15, -0.1) is 22.9 Å². The molecule has 0 saturated heterocycles. The molecule has 1 aromatic heterocycles. The number of nitrogens with one attached hydrogen (secondary N) is 1. The van der Waals surface area contributed by atoms with Crippen molar-refractivity contribution < 1.29 is 9.53 Å². The Morgan fingerprint density at radius 3 is 3.00 bits per heavy atom. The average molecular weight is 248 g/mol. The molecule has 0 aliphatic rings. The van der Waals surface area contributed by atoms with Gasteiger partial charge < -0.3 is 10.1 Å². The van der Waals surface area contributed by atoms with Gasteiger partial charge in [-0.2, -0.15) is 0 Å². The van der Waals surface area contributed by atoms with E-state index in [2.05, 4.69) is 5.32 Å². The molecule has 15 heavy (non-hydrogen) atoms. The van der Waals surface area contributed by atoms with Crippen molar-refractivity contribution in [1.29, 1.82) is 0 Å². The Labute approximate surface area is 98.4 Å². The minimum Gasteiger partial charge on any atom is -0.495 e. The van der Waals surface area contributed by atoms with Crippen LogP contribution in [0.5, 0.6) is 5.75 Å². The zero-order valence-corrected chi connectivity index (χ0v) is 10.3. The van der Waals surface area contributed by atoms with E-state index in [1.165, 1.54) is 11.3 Å². The normalized spacial score (nSPS) is 12.2. The van der Waals surface area contributed by atoms with E-state index < -0.39 is 0 Å². The summed E-state index contributed by atoms with van der Waals surface area (Å²) in [6.07, 6.45) is 0.822. The van der Waals surface area contributed by atoms with Gasteiger partial charge in [0.15, 0.2) is 0 Å². The highest BCUT2D eigenvalue weighted by Gasteiger charge is 2.16. The highest BCUT2D eigenvalue weighted by molar-refractivity contribution is 7.12. The Morgan fingerprint density at radius 1 is 1.73 bits per heavy atom. The van der Waals surface area contributed by atoms with Crippen molar-refractivity contribution in [2.75, 3.05) is 13.0 Å². The molecule has 3 nitrogen and oxygen atoms in total. The summed E-state index contributed by atoms with van der Waals surface area (Å²) in [5.74, 6) is 0.923. The minimum absolute atomic E-state index is 0.0194. The number of hydrogen-bond donors (Lipinski definition) is 1. The molecule has 1 N–H and O–H groups in total. The predicted octanol–water partition coefficient (Wildman–Crippen LogP) is 2.50. The number of carbonyl (C=O) groups is 1. The van der Waals surface area contributed by atoms with Gasteiger partial charge >= 0.3 is 0 Å². The summed E-state index contributed by atoms with van der Waals surface area (Å²) in [4.78, 5) is 12.4. The summed E-state index contributed by atoms with van der Waals surface area (Å²) in [6, 6.07) is 1.80. The number of rotatable bonds is 5. The highest BCUT2D eigenvalue weighted by atomic mass is 35.5. The van der Waals surface area contributed by atoms with Crippen LogP contribution in [0.4, 0.5) is 0 Å². The Kier molecular flexibility index (Phi) is 4.91. The Morgan fingerprint density at radius 2 is 2.47 bits per heavy atom. The van der Waals surface area contributed by atoms with Crippen molar-refractivity contribution in [3.05, 3.63) is 16.3 Å². The molecule has 1 aromatic rings. The van der Waals surface area contributed by atoms with Crippen LogP contribution in [0.2, 0.25) is 0 Å². The number of carbonyl (C=O) groups excluding carboxylic acids is 1. The second-order valence-corrected chi connectivity index (χ2v) is 4.28. The maximum absolute atomic E-state index is 11.8. The van der Waals surface area contributed by atoms with Crippen LogP contribution >= 0.6 is 22.9 Å². The van der Waals surface area contributed by atoms with Crippen LogP contribution in [0.25, 0.3) is 0 Å². The molecular weight excluding hydrogens is 234 g/mol. The summed E-state index contributed by atoms with van der Waals surface area (Å²) in [5.41, 5.74) is 0. The first-order valence-corrected chi connectivity index (χ1v) is 6.12. The van der Waals surface area contributed by atoms with Crippen molar-refractivity contribution >= 4 is 28.8 Å². The van der Waals surface area contributed by atoms with Crippen molar-refractivity contribution in [2.24, 2.45) is 0 Å². The molecule has 1 amide bonds. The lowest BCUT2D eigenvalue weighted by Gasteiger charge is -2.13. The molecule has 0 aliphatic heterocycles. The van der Waals surface area contributed by atoms with Gasteiger partial charge in [0.2, 0.25) is 0 Å². The Bertz CT molecular complexity index is 323. The summed E-state index contributed by atoms with van der Waals surface area (Å²) >= 11 is 7.07. The van der Waals surface area contributed by atoms with Crippen LogP contribution in [0.3, 0.4) is 0 Å². The van der Waals surface area contributed by atoms with Gasteiger partial charge in [0.05, 0.1) is 7.11 Å². The van der Waals surface area contributed by atoms with Crippen LogP contribution in [0.15, 0.2) is 11.4 Å². The van der Waals surface area contributed by atoms with E-state index in [1.54, 1.807) is 13.2 Å². The number of thiophene rings is 1. The van der Waals surface area contributed by atoms with E-state index in [1.807, 2.05) is 12.3 Å². The first-order valence-electron chi connectivity index (χ1n) is 4.71. The van der Waals surface area contributed by atoms with Crippen LogP contribution < -0.4 is 10.1 Å². The fraction of sp³-hybridized carbons (Fsp3) is 0.500. The number of methoxy groups -OCH3 is 1. The van der Waals surface area contributed by atoms with Gasteiger partial charge in [-0.3, -0.25) is 4.79 Å². The quantitative estimate of drug-likeness (QED) is 0.812. The third kappa shape index (κ3) is 3.11. The molecular formula is C10H14ClNO2S. The molecule has 0 radical (unpaired) electrons. The maximum atomic E-state index is 11.8. The van der Waals surface area contributed by atoms with Gasteiger partial charge in [0, 0.05) is 11.9 Å². The lowest BCUT2D eigenvalue weighted by atomic mass is 10.2. The zero-order valence-electron chi connectivity index (χ0n) is 8.75. The van der Waals surface area contributed by atoms with Crippen molar-refractivity contribution in [1.82, 2.24) is 5.32 Å². The molecule has 1 heterocycles. The topological polar surface area (TPSA) is 38.3 Å². The molecule has 1 rings (SSSR count). The summed E-state index contributed by atoms with van der Waals surface area (Å²) in [7, 11) is 1.55. The molecule has 0 aromatic carbocycles. The van der Waals surface area contributed by atoms with E-state index in [4.69, 9.17) is 16.3 Å². The fourth-order valence-corrected chi connectivity index (χ4v) is 2.18. The third-order valence-electron chi connectivity index (χ3n) is 2.07. The molecule has 0 spiro atoms. The Balaban J connectivity index is 2.68. The van der Waals surface area contributed by atoms with Crippen molar-refractivity contribution in [2.45, 2.75) is 19.4 Å². The number of hydrogen-bond acceptors (Lipinski definition) is 3. The molecule has 0 fully saturated rings. The molecule has 84 valence electrons. The summed E-state index contributed by atoms with van der Waals surface area (Å²) in [5, 5.41) is 4.68. The van der Waals surface area contributed by atoms with E-state index in [0.717, 1.165) is 6.42 Å². The van der Waals surface area contributed by atoms with E-state index in [9.17, 15) is 4.79 Å². The zero-order chi connectivity index (χ0) is 11.3. The van der Waals surface area contributed by atoms with E-state index in [-0.39, 0.29) is 11.9 Å². The van der Waals surface area contributed by atoms with Crippen molar-refractivity contribution in [3.8, 4) is 5.75 Å². The first kappa shape index (κ1) is 12.3. The molecule has 1 atom stereocenters. The van der Waals surface area contributed by atoms with Gasteiger partial charge in [0.25, 0.3) is 5.91 Å². The van der Waals surface area contributed by atoms with Crippen LogP contribution in [-0.2, 0) is 0 Å². The van der Waals surface area contributed by atoms with Gasteiger partial charge in [-0.25, -0.2) is 0 Å². The van der Waals surface area contributed by atoms with Crippen LogP contribution in [0, 0.1) is 0 Å². The standard InChI is InChI=1S/C10H14ClNO2S/c1-3-7(6-11)12-10(13)9-8(14-2)4-5-15-9/h4-5,7H,3,6H2,1-2H3,(H,12,13). The number of alkyl halides is 1. The summed E-state index contributed by atoms with van der Waals surface area (Å²) < 4.78 is 5.07. The largest absolute Gasteiger partial charge is 0.495 e. The fourth-order valence-electron chi connectivity index (χ4n) is 1.12. The maximum Gasteiger partial charge on any atom is 0.265 e. The molecule has 1 unspecified atom stereocenters. The van der Waals surface area contributed by atoms with E-state index >= 15 is 0 Å². The van der Waals surface area contributed by atoms with Crippen LogP contribution in [-0.4, -0.2) is 24.9 Å². The van der Waals surface area contributed by atoms with Crippen LogP contribution in [0.1, 0.15) is 23.0 Å². The molecule has 0 aliphatic carbocycles. The first-order chi connectivity index (χ1) is 7.22. The number of amides is 1. The molecule has 5 heteroatoms. The third-order valence-corrected chi connectivity index (χ3v) is 3.34. The smallest absolute Gasteiger partial charge is 0.265 e. The number of halogens is 1. The lowest BCUT2D eigenvalue weighted by Crippen LogP contribution is -2.35. The van der Waals surface area contributed by atoms with E-state index in [0.29, 0.717) is 16.5 Å². The monoisotopic (exact) mass is 247 g/mol. The number of ether oxygens (including phenoxy) is 1. The predicted molar refractivity (Wildman–Crippen MR) is 63.1 cm³/mol. The Hall–Kier alpha value is -0.740. The molecule has 0 saturated carbocycles. The lowest BCUT2D eigenvalue weighted by molar-refractivity contribution is 0.0941.